The molecule has 2 aromatic carbocycles. The molecule has 10 rings (SSSR count). The largest absolute Gasteiger partial charge is 0.461 e. The van der Waals surface area contributed by atoms with E-state index < -0.39 is 131 Å². The Morgan fingerprint density at radius 3 is 1.67 bits per heavy atom. The third kappa shape index (κ3) is 5.01. The average molecular weight is 800 g/mol. The molecule has 2 aliphatic heterocycles. The molecule has 15 nitrogen and oxygen atoms in total. The quantitative estimate of drug-likeness (QED) is 0.168. The van der Waals surface area contributed by atoms with Gasteiger partial charge in [0.1, 0.15) is 24.6 Å². The van der Waals surface area contributed by atoms with Crippen molar-refractivity contribution in [3.63, 3.8) is 0 Å². The van der Waals surface area contributed by atoms with Crippen LogP contribution >= 0.6 is 0 Å². The fraction of sp³-hybridized carbons (Fsp3) is 0.512. The van der Waals surface area contributed by atoms with Crippen molar-refractivity contribution in [2.24, 2.45) is 39.9 Å². The van der Waals surface area contributed by atoms with Crippen molar-refractivity contribution in [3.05, 3.63) is 83.9 Å². The fourth-order valence-electron chi connectivity index (χ4n) is 13.0. The molecule has 8 aliphatic rings. The molecule has 15 heteroatoms. The Kier molecular flexibility index (Phi) is 9.23. The van der Waals surface area contributed by atoms with Gasteiger partial charge in [0, 0.05) is 62.9 Å². The molecular formula is C43H45NO14. The molecule has 6 saturated carbocycles. The van der Waals surface area contributed by atoms with Gasteiger partial charge in [-0.1, -0.05) is 43.0 Å². The lowest BCUT2D eigenvalue weighted by Gasteiger charge is -2.71. The summed E-state index contributed by atoms with van der Waals surface area (Å²) in [5.41, 5.74) is -4.50. The first-order chi connectivity index (χ1) is 27.5. The first-order valence-corrected chi connectivity index (χ1v) is 19.2. The summed E-state index contributed by atoms with van der Waals surface area (Å²) in [6.07, 6.45) is -9.41. The van der Waals surface area contributed by atoms with E-state index in [9.17, 15) is 38.7 Å². The van der Waals surface area contributed by atoms with Crippen molar-refractivity contribution in [2.75, 3.05) is 7.05 Å². The number of hydrogen-bond acceptors (Lipinski definition) is 15. The van der Waals surface area contributed by atoms with Crippen LogP contribution in [0, 0.1) is 39.9 Å². The van der Waals surface area contributed by atoms with Crippen LogP contribution in [-0.4, -0.2) is 114 Å². The number of piperidine rings is 1. The summed E-state index contributed by atoms with van der Waals surface area (Å²) in [5.74, 6) is -8.91. The number of aldehydes is 1. The van der Waals surface area contributed by atoms with Gasteiger partial charge in [0.05, 0.1) is 34.0 Å². The SMILES string of the molecule is C=C1[C@H]2[C@@H](OC(=O)c3ccccc3)[C@H]3[C@@H]4N(C)[C@@H]5[C@@H](O)[C@@]3([C@@H]([C@@H]2OC(C)=O)[C@@]42[C@H](OC(C)=O)[C@@H](OC(=O)c3ccccc3)[C@H](OC(C)=O)[C@@](C)(C=O)[C@@H]52)[C@H]1OC(C)=O. The molecule has 0 aromatic heterocycles. The Labute approximate surface area is 333 Å². The van der Waals surface area contributed by atoms with Crippen LogP contribution in [0.25, 0.3) is 0 Å². The predicted octanol–water partition coefficient (Wildman–Crippen LogP) is 2.47. The van der Waals surface area contributed by atoms with Crippen LogP contribution in [0.5, 0.6) is 0 Å². The zero-order chi connectivity index (χ0) is 41.8. The number of esters is 6. The van der Waals surface area contributed by atoms with Crippen LogP contribution in [0.3, 0.4) is 0 Å². The molecule has 2 aromatic rings. The minimum absolute atomic E-state index is 0.108. The zero-order valence-corrected chi connectivity index (χ0v) is 32.8. The van der Waals surface area contributed by atoms with Crippen LogP contribution in [-0.2, 0) is 52.4 Å². The highest BCUT2D eigenvalue weighted by atomic mass is 16.6. The van der Waals surface area contributed by atoms with Crippen LogP contribution in [0.1, 0.15) is 55.3 Å². The number of aliphatic hydroxyl groups excluding tert-OH is 1. The Morgan fingerprint density at radius 1 is 0.672 bits per heavy atom. The van der Waals surface area contributed by atoms with Gasteiger partial charge in [-0.3, -0.25) is 24.1 Å². The summed E-state index contributed by atoms with van der Waals surface area (Å²) < 4.78 is 37.5. The van der Waals surface area contributed by atoms with Crippen molar-refractivity contribution in [1.29, 1.82) is 0 Å². The number of aliphatic hydroxyl groups is 1. The minimum atomic E-state index is -1.79. The number of benzene rings is 2. The maximum Gasteiger partial charge on any atom is 0.338 e. The van der Waals surface area contributed by atoms with E-state index in [4.69, 9.17) is 28.4 Å². The van der Waals surface area contributed by atoms with Crippen LogP contribution in [0.2, 0.25) is 0 Å². The van der Waals surface area contributed by atoms with Gasteiger partial charge < -0.3 is 38.3 Å². The number of ether oxygens (including phenoxy) is 6. The van der Waals surface area contributed by atoms with Crippen molar-refractivity contribution < 1.29 is 67.1 Å². The van der Waals surface area contributed by atoms with Gasteiger partial charge in [-0.2, -0.15) is 0 Å². The minimum Gasteiger partial charge on any atom is -0.461 e. The summed E-state index contributed by atoms with van der Waals surface area (Å²) in [6.45, 7) is 10.6. The van der Waals surface area contributed by atoms with E-state index in [2.05, 4.69) is 6.58 Å². The lowest BCUT2D eigenvalue weighted by atomic mass is 9.36. The number of carbonyl (C=O) groups excluding carboxylic acids is 7. The molecule has 2 saturated heterocycles. The second-order valence-corrected chi connectivity index (χ2v) is 16.7. The number of rotatable bonds is 9. The van der Waals surface area contributed by atoms with E-state index in [1.165, 1.54) is 32.9 Å². The standard InChI is InChI=1S/C43H45NO14/c1-19-26-29(57-39(51)24-14-10-8-11-15-24)27-34-43-32(28(44(34)7)35(50)42(27,36(19)54-21(3)47)33(43)30(26)53-20(2)46)41(6,18-45)37(55-22(4)48)31(38(43)56-23(5)49)58-40(52)25-16-12-9-13-17-25/h8-18,26-38,50H,1H2,2-7H3/t26-,27-,28-,29+,30+,31-,32+,33+,34-,35+,36-,37-,38+,41-,42+,43+/m0/s1. The van der Waals surface area contributed by atoms with E-state index in [1.54, 1.807) is 55.6 Å². The summed E-state index contributed by atoms with van der Waals surface area (Å²) in [5, 5.41) is 13.2. The third-order valence-electron chi connectivity index (χ3n) is 14.0. The maximum absolute atomic E-state index is 14.1. The molecule has 8 fully saturated rings. The number of carbonyl (C=O) groups is 7. The molecule has 58 heavy (non-hydrogen) atoms. The smallest absolute Gasteiger partial charge is 0.338 e. The van der Waals surface area contributed by atoms with Crippen LogP contribution < -0.4 is 0 Å². The topological polar surface area (TPSA) is 198 Å². The Balaban J connectivity index is 1.44. The van der Waals surface area contributed by atoms with Crippen molar-refractivity contribution in [1.82, 2.24) is 4.90 Å². The van der Waals surface area contributed by atoms with E-state index >= 15 is 0 Å². The maximum atomic E-state index is 14.1. The highest BCUT2D eigenvalue weighted by molar-refractivity contribution is 5.90. The second-order valence-electron chi connectivity index (χ2n) is 16.7. The normalized spacial score (nSPS) is 41.2. The molecule has 7 bridgehead atoms. The highest BCUT2D eigenvalue weighted by Crippen LogP contribution is 2.85. The monoisotopic (exact) mass is 799 g/mol. The molecule has 6 aliphatic carbocycles. The molecule has 0 amide bonds. The van der Waals surface area contributed by atoms with Gasteiger partial charge >= 0.3 is 35.8 Å². The number of nitrogens with zero attached hydrogens (tertiary/aromatic N) is 1. The number of likely N-dealkylation sites (N-methyl/N-ethyl adjacent to an activating group) is 1. The van der Waals surface area contributed by atoms with E-state index in [0.29, 0.717) is 6.29 Å². The van der Waals surface area contributed by atoms with Gasteiger partial charge in [-0.05, 0) is 43.8 Å². The molecule has 306 valence electrons. The molecule has 0 radical (unpaired) electrons. The van der Waals surface area contributed by atoms with Gasteiger partial charge in [-0.15, -0.1) is 0 Å². The van der Waals surface area contributed by atoms with Crippen LogP contribution in [0.15, 0.2) is 72.8 Å². The molecular weight excluding hydrogens is 754 g/mol. The average Bonchev–Trinajstić information content (AvgIpc) is 3.51. The first kappa shape index (κ1) is 39.4. The fourth-order valence-corrected chi connectivity index (χ4v) is 13.0. The highest BCUT2D eigenvalue weighted by Gasteiger charge is 2.97. The molecule has 16 atom stereocenters. The second kappa shape index (κ2) is 13.6. The number of fused-ring (bicyclic) bond motifs is 1. The van der Waals surface area contributed by atoms with Gasteiger partial charge in [-0.25, -0.2) is 9.59 Å². The van der Waals surface area contributed by atoms with E-state index in [0.717, 1.165) is 13.8 Å². The van der Waals surface area contributed by atoms with Crippen LogP contribution in [0.4, 0.5) is 0 Å². The Bertz CT molecular complexity index is 2110. The van der Waals surface area contributed by atoms with Crippen molar-refractivity contribution >= 4 is 42.1 Å². The summed E-state index contributed by atoms with van der Waals surface area (Å²) in [4.78, 5) is 96.8. The summed E-state index contributed by atoms with van der Waals surface area (Å²) >= 11 is 0. The summed E-state index contributed by atoms with van der Waals surface area (Å²) in [7, 11) is 1.72. The molecule has 1 N–H and O–H groups in total. The lowest BCUT2D eigenvalue weighted by Crippen LogP contribution is -2.82. The predicted molar refractivity (Wildman–Crippen MR) is 197 cm³/mol. The van der Waals surface area contributed by atoms with Gasteiger partial charge in [0.25, 0.3) is 0 Å². The Morgan fingerprint density at radius 2 is 1.17 bits per heavy atom. The third-order valence-corrected chi connectivity index (χ3v) is 14.0. The Hall–Kier alpha value is -5.41. The van der Waals surface area contributed by atoms with E-state index in [-0.39, 0.29) is 16.7 Å². The van der Waals surface area contributed by atoms with Crippen molar-refractivity contribution in [3.8, 4) is 0 Å². The van der Waals surface area contributed by atoms with Gasteiger partial charge in [0.2, 0.25) is 0 Å². The molecule has 2 heterocycles. The molecule has 2 spiro atoms. The molecule has 0 unspecified atom stereocenters. The van der Waals surface area contributed by atoms with Crippen molar-refractivity contribution in [2.45, 2.75) is 89.4 Å². The first-order valence-electron chi connectivity index (χ1n) is 19.2. The van der Waals surface area contributed by atoms with Gasteiger partial charge in [0.15, 0.2) is 18.3 Å². The zero-order valence-electron chi connectivity index (χ0n) is 32.8. The van der Waals surface area contributed by atoms with E-state index in [1.807, 2.05) is 4.90 Å². The summed E-state index contributed by atoms with van der Waals surface area (Å²) in [6, 6.07) is 14.2. The lowest BCUT2D eigenvalue weighted by molar-refractivity contribution is -0.319. The number of hydrogen-bond donors (Lipinski definition) is 1.